The number of carboxylic acids is 1. The van der Waals surface area contributed by atoms with Gasteiger partial charge in [-0.15, -0.1) is 4.99 Å². The molecule has 5 nitrogen and oxygen atoms in total. The zero-order valence-electron chi connectivity index (χ0n) is 6.02. The summed E-state index contributed by atoms with van der Waals surface area (Å²) in [5.41, 5.74) is 2.59. The second-order valence-electron chi connectivity index (χ2n) is 2.08. The quantitative estimate of drug-likeness (QED) is 0.468. The van der Waals surface area contributed by atoms with Crippen LogP contribution >= 0.6 is 0 Å². The third kappa shape index (κ3) is 1.94. The first-order valence-corrected chi connectivity index (χ1v) is 3.14. The van der Waals surface area contributed by atoms with Crippen LogP contribution in [-0.4, -0.2) is 16.3 Å². The van der Waals surface area contributed by atoms with Gasteiger partial charge < -0.3 is 5.11 Å². The minimum Gasteiger partial charge on any atom is -0.478 e. The van der Waals surface area contributed by atoms with Gasteiger partial charge in [0.2, 0.25) is 0 Å². The summed E-state index contributed by atoms with van der Waals surface area (Å²) in [4.78, 5) is 14.0. The Hall–Kier alpha value is -1.59. The van der Waals surface area contributed by atoms with Gasteiger partial charge in [0.25, 0.3) is 0 Å². The summed E-state index contributed by atoms with van der Waals surface area (Å²) in [5, 5.41) is 16.5. The maximum atomic E-state index is 10.4. The number of benzene rings is 1. The van der Waals surface area contributed by atoms with Gasteiger partial charge in [0.15, 0.2) is 0 Å². The standard InChI is InChI=1S/C7H7NO4/c9-7(10)5-2-1-3-6(4-5)8-12-11/h1-4,8,11H,(H,9,10). The van der Waals surface area contributed by atoms with E-state index >= 15 is 0 Å². The van der Waals surface area contributed by atoms with E-state index in [2.05, 4.69) is 10.5 Å². The highest BCUT2D eigenvalue weighted by atomic mass is 17.2. The predicted octanol–water partition coefficient (Wildman–Crippen LogP) is 1.20. The van der Waals surface area contributed by atoms with E-state index in [4.69, 9.17) is 10.4 Å². The summed E-state index contributed by atoms with van der Waals surface area (Å²) in [7, 11) is 0. The van der Waals surface area contributed by atoms with Crippen LogP contribution in [0.3, 0.4) is 0 Å². The molecule has 1 rings (SSSR count). The summed E-state index contributed by atoms with van der Waals surface area (Å²) in [5.74, 6) is -1.03. The Morgan fingerprint density at radius 3 is 2.83 bits per heavy atom. The molecular formula is C7H7NO4. The molecule has 12 heavy (non-hydrogen) atoms. The molecule has 0 fully saturated rings. The molecule has 1 aromatic rings. The first-order chi connectivity index (χ1) is 5.74. The minimum atomic E-state index is -1.03. The van der Waals surface area contributed by atoms with E-state index in [1.807, 2.05) is 0 Å². The molecule has 0 spiro atoms. The summed E-state index contributed by atoms with van der Waals surface area (Å²) in [6, 6.07) is 5.86. The third-order valence-electron chi connectivity index (χ3n) is 1.27. The molecule has 0 radical (unpaired) electrons. The molecule has 0 bridgehead atoms. The smallest absolute Gasteiger partial charge is 0.335 e. The fraction of sp³-hybridized carbons (Fsp3) is 0. The third-order valence-corrected chi connectivity index (χ3v) is 1.27. The Balaban J connectivity index is 2.88. The zero-order valence-corrected chi connectivity index (χ0v) is 6.02. The molecule has 64 valence electrons. The Kier molecular flexibility index (Phi) is 2.62. The Labute approximate surface area is 68.1 Å². The van der Waals surface area contributed by atoms with Crippen molar-refractivity contribution >= 4 is 11.7 Å². The van der Waals surface area contributed by atoms with Gasteiger partial charge >= 0.3 is 5.97 Å². The van der Waals surface area contributed by atoms with Crippen molar-refractivity contribution < 1.29 is 20.1 Å². The lowest BCUT2D eigenvalue weighted by Crippen LogP contribution is -2.00. The Morgan fingerprint density at radius 1 is 1.50 bits per heavy atom. The van der Waals surface area contributed by atoms with Crippen LogP contribution in [0.15, 0.2) is 24.3 Å². The fourth-order valence-corrected chi connectivity index (χ4v) is 0.768. The first kappa shape index (κ1) is 8.51. The maximum absolute atomic E-state index is 10.4. The van der Waals surface area contributed by atoms with E-state index in [9.17, 15) is 4.79 Å². The molecule has 0 saturated heterocycles. The molecule has 1 aromatic carbocycles. The number of carbonyl (C=O) groups is 1. The van der Waals surface area contributed by atoms with Crippen molar-refractivity contribution in [2.45, 2.75) is 0 Å². The normalized spacial score (nSPS) is 9.42. The molecule has 5 heteroatoms. The van der Waals surface area contributed by atoms with Gasteiger partial charge in [-0.2, -0.15) is 0 Å². The van der Waals surface area contributed by atoms with Crippen LogP contribution in [0.5, 0.6) is 0 Å². The van der Waals surface area contributed by atoms with Gasteiger partial charge in [0, 0.05) is 0 Å². The van der Waals surface area contributed by atoms with Crippen LogP contribution in [-0.2, 0) is 4.99 Å². The number of hydrogen-bond acceptors (Lipinski definition) is 4. The van der Waals surface area contributed by atoms with Crippen LogP contribution in [0.2, 0.25) is 0 Å². The molecule has 0 atom stereocenters. The predicted molar refractivity (Wildman–Crippen MR) is 40.7 cm³/mol. The highest BCUT2D eigenvalue weighted by Crippen LogP contribution is 2.09. The lowest BCUT2D eigenvalue weighted by molar-refractivity contribution is -0.215. The van der Waals surface area contributed by atoms with Crippen molar-refractivity contribution in [3.8, 4) is 0 Å². The van der Waals surface area contributed by atoms with Crippen molar-refractivity contribution in [3.05, 3.63) is 29.8 Å². The van der Waals surface area contributed by atoms with Gasteiger partial charge in [-0.25, -0.2) is 15.5 Å². The number of carboxylic acid groups (broad SMARTS) is 1. The van der Waals surface area contributed by atoms with Crippen LogP contribution in [0, 0.1) is 0 Å². The van der Waals surface area contributed by atoms with Gasteiger partial charge in [0.05, 0.1) is 11.3 Å². The average molecular weight is 169 g/mol. The number of nitrogens with one attached hydrogen (secondary N) is 1. The SMILES string of the molecule is O=C(O)c1cccc(NOO)c1. The average Bonchev–Trinajstić information content (AvgIpc) is 2.05. The summed E-state index contributed by atoms with van der Waals surface area (Å²) in [6.45, 7) is 0. The summed E-state index contributed by atoms with van der Waals surface area (Å²) >= 11 is 0. The fourth-order valence-electron chi connectivity index (χ4n) is 0.768. The Bertz CT molecular complexity index is 286. The lowest BCUT2D eigenvalue weighted by atomic mass is 10.2. The van der Waals surface area contributed by atoms with Crippen molar-refractivity contribution in [1.82, 2.24) is 0 Å². The van der Waals surface area contributed by atoms with Crippen molar-refractivity contribution in [3.63, 3.8) is 0 Å². The molecular weight excluding hydrogens is 162 g/mol. The van der Waals surface area contributed by atoms with Gasteiger partial charge in [-0.05, 0) is 18.2 Å². The monoisotopic (exact) mass is 169 g/mol. The second kappa shape index (κ2) is 3.70. The largest absolute Gasteiger partial charge is 0.478 e. The highest BCUT2D eigenvalue weighted by Gasteiger charge is 2.01. The molecule has 0 aliphatic heterocycles. The molecule has 0 aliphatic carbocycles. The van der Waals surface area contributed by atoms with Crippen molar-refractivity contribution in [2.75, 3.05) is 5.48 Å². The van der Waals surface area contributed by atoms with E-state index in [0.29, 0.717) is 5.69 Å². The molecule has 0 amide bonds. The van der Waals surface area contributed by atoms with Crippen molar-refractivity contribution in [1.29, 1.82) is 0 Å². The Morgan fingerprint density at radius 2 is 2.25 bits per heavy atom. The van der Waals surface area contributed by atoms with E-state index in [-0.39, 0.29) is 5.56 Å². The molecule has 3 N–H and O–H groups in total. The summed E-state index contributed by atoms with van der Waals surface area (Å²) < 4.78 is 0. The van der Waals surface area contributed by atoms with Crippen LogP contribution in [0.4, 0.5) is 5.69 Å². The van der Waals surface area contributed by atoms with E-state index < -0.39 is 5.97 Å². The molecule has 0 aromatic heterocycles. The van der Waals surface area contributed by atoms with Crippen LogP contribution in [0.25, 0.3) is 0 Å². The number of hydrogen-bond donors (Lipinski definition) is 3. The van der Waals surface area contributed by atoms with Gasteiger partial charge in [0.1, 0.15) is 0 Å². The van der Waals surface area contributed by atoms with E-state index in [1.165, 1.54) is 18.2 Å². The molecule has 0 saturated carbocycles. The summed E-state index contributed by atoms with van der Waals surface area (Å²) in [6.07, 6.45) is 0. The highest BCUT2D eigenvalue weighted by molar-refractivity contribution is 5.88. The maximum Gasteiger partial charge on any atom is 0.335 e. The molecule has 0 unspecified atom stereocenters. The second-order valence-corrected chi connectivity index (χ2v) is 2.08. The van der Waals surface area contributed by atoms with E-state index in [0.717, 1.165) is 0 Å². The number of aromatic carboxylic acids is 1. The van der Waals surface area contributed by atoms with Crippen LogP contribution < -0.4 is 5.48 Å². The van der Waals surface area contributed by atoms with E-state index in [1.54, 1.807) is 6.07 Å². The minimum absolute atomic E-state index is 0.122. The van der Waals surface area contributed by atoms with Crippen molar-refractivity contribution in [2.24, 2.45) is 0 Å². The van der Waals surface area contributed by atoms with Crippen LogP contribution in [0.1, 0.15) is 10.4 Å². The molecule has 0 aliphatic rings. The number of rotatable bonds is 3. The lowest BCUT2D eigenvalue weighted by Gasteiger charge is -2.00. The molecule has 0 heterocycles. The number of anilines is 1. The first-order valence-electron chi connectivity index (χ1n) is 3.14. The van der Waals surface area contributed by atoms with Gasteiger partial charge in [-0.3, -0.25) is 0 Å². The van der Waals surface area contributed by atoms with Gasteiger partial charge in [-0.1, -0.05) is 6.07 Å². The zero-order chi connectivity index (χ0) is 8.97. The topological polar surface area (TPSA) is 78.8 Å².